The third-order valence-corrected chi connectivity index (χ3v) is 10.1. The number of rotatable bonds is 4. The summed E-state index contributed by atoms with van der Waals surface area (Å²) in [5.41, 5.74) is 13.7. The van der Waals surface area contributed by atoms with Crippen molar-refractivity contribution in [3.63, 3.8) is 0 Å². The zero-order valence-electron chi connectivity index (χ0n) is 27.7. The summed E-state index contributed by atoms with van der Waals surface area (Å²) in [7, 11) is 0. The van der Waals surface area contributed by atoms with Crippen molar-refractivity contribution >= 4 is 60.5 Å². The molecule has 9 rings (SSSR count). The van der Waals surface area contributed by atoms with Gasteiger partial charge in [0.1, 0.15) is 11.2 Å². The Balaban J connectivity index is 1.20. The molecule has 1 aliphatic heterocycles. The van der Waals surface area contributed by atoms with Gasteiger partial charge in [-0.2, -0.15) is 0 Å². The molecule has 1 aromatic heterocycles. The molecule has 2 heterocycles. The Morgan fingerprint density at radius 3 is 1.90 bits per heavy atom. The maximum atomic E-state index is 6.35. The fourth-order valence-electron chi connectivity index (χ4n) is 7.63. The highest BCUT2D eigenvalue weighted by Crippen LogP contribution is 2.41. The van der Waals surface area contributed by atoms with Crippen LogP contribution in [0, 0.1) is 0 Å². The molecule has 0 saturated heterocycles. The lowest BCUT2D eigenvalue weighted by atomic mass is 9.86. The van der Waals surface area contributed by atoms with Crippen LogP contribution < -0.4 is 0 Å². The molecule has 0 atom stereocenters. The molecule has 234 valence electrons. The Labute approximate surface area is 286 Å². The molecule has 0 saturated carbocycles. The van der Waals surface area contributed by atoms with Gasteiger partial charge in [0.25, 0.3) is 0 Å². The van der Waals surface area contributed by atoms with E-state index in [4.69, 9.17) is 9.41 Å². The van der Waals surface area contributed by atoms with Crippen LogP contribution in [0.4, 0.5) is 0 Å². The van der Waals surface area contributed by atoms with Crippen molar-refractivity contribution in [2.24, 2.45) is 4.99 Å². The number of benzene rings is 7. The molecular formula is C47H35NO. The molecule has 0 fully saturated rings. The fraction of sp³-hybridized carbons (Fsp3) is 0.0851. The van der Waals surface area contributed by atoms with Crippen LogP contribution in [-0.2, 0) is 0 Å². The molecule has 0 spiro atoms. The molecule has 2 heteroatoms. The van der Waals surface area contributed by atoms with Crippen LogP contribution in [0.3, 0.4) is 0 Å². The minimum absolute atomic E-state index is 0.849. The highest BCUT2D eigenvalue weighted by Gasteiger charge is 2.22. The van der Waals surface area contributed by atoms with Crippen LogP contribution in [0.2, 0.25) is 0 Å². The van der Waals surface area contributed by atoms with E-state index in [2.05, 4.69) is 153 Å². The summed E-state index contributed by atoms with van der Waals surface area (Å²) in [6.45, 7) is 4.53. The number of nitrogens with zero attached hydrogens (tertiary/aromatic N) is 1. The average Bonchev–Trinajstić information content (AvgIpc) is 3.53. The second-order valence-corrected chi connectivity index (χ2v) is 13.2. The molecule has 7 aromatic carbocycles. The van der Waals surface area contributed by atoms with Gasteiger partial charge in [0, 0.05) is 22.0 Å². The van der Waals surface area contributed by atoms with Gasteiger partial charge in [0.15, 0.2) is 0 Å². The van der Waals surface area contributed by atoms with E-state index in [1.54, 1.807) is 0 Å². The van der Waals surface area contributed by atoms with Gasteiger partial charge in [0.2, 0.25) is 0 Å². The van der Waals surface area contributed by atoms with Gasteiger partial charge in [-0.25, -0.2) is 0 Å². The van der Waals surface area contributed by atoms with Gasteiger partial charge in [-0.3, -0.25) is 4.99 Å². The van der Waals surface area contributed by atoms with Crippen LogP contribution in [0.15, 0.2) is 172 Å². The van der Waals surface area contributed by atoms with Gasteiger partial charge >= 0.3 is 0 Å². The average molecular weight is 630 g/mol. The van der Waals surface area contributed by atoms with Crippen LogP contribution in [-0.4, -0.2) is 5.71 Å². The number of allylic oxidation sites excluding steroid dienone is 3. The monoisotopic (exact) mass is 629 g/mol. The smallest absolute Gasteiger partial charge is 0.136 e. The minimum atomic E-state index is 0.849. The number of fused-ring (bicyclic) bond motifs is 5. The normalized spacial score (nSPS) is 14.1. The zero-order valence-corrected chi connectivity index (χ0v) is 27.7. The maximum Gasteiger partial charge on any atom is 0.136 e. The lowest BCUT2D eigenvalue weighted by Crippen LogP contribution is -2.07. The first-order chi connectivity index (χ1) is 24.1. The third kappa shape index (κ3) is 5.17. The first kappa shape index (κ1) is 29.2. The molecule has 0 bridgehead atoms. The summed E-state index contributed by atoms with van der Waals surface area (Å²) < 4.78 is 6.35. The SMILES string of the molecule is CC1=C(c2ccccc2)C(C)=C(c2cccc3oc4ccccc4c23)N=C(c2ccc3cc(-c4ccc5ccccc5c4)ccc3c2)CC1. The Kier molecular flexibility index (Phi) is 7.09. The van der Waals surface area contributed by atoms with E-state index in [0.717, 1.165) is 57.3 Å². The van der Waals surface area contributed by atoms with Gasteiger partial charge in [0.05, 0.1) is 5.70 Å². The quantitative estimate of drug-likeness (QED) is 0.190. The first-order valence-electron chi connectivity index (χ1n) is 17.1. The van der Waals surface area contributed by atoms with Gasteiger partial charge < -0.3 is 4.42 Å². The van der Waals surface area contributed by atoms with Crippen LogP contribution >= 0.6 is 0 Å². The summed E-state index contributed by atoms with van der Waals surface area (Å²) in [5, 5.41) is 7.19. The fourth-order valence-corrected chi connectivity index (χ4v) is 7.63. The molecule has 0 N–H and O–H groups in total. The third-order valence-electron chi connectivity index (χ3n) is 10.1. The standard InChI is InChI=1S/C47H35NO/c1-30-19-26-42(39-25-24-37-28-36(22-23-38(37)29-39)35-21-20-32-11-6-7-14-34(32)27-35)48-47(31(2)45(30)33-12-4-3-5-13-33)41-16-10-18-44-46(41)40-15-8-9-17-43(40)49-44/h3-18,20-25,27-29H,19,26H2,1-2H3. The number of hydrogen-bond donors (Lipinski definition) is 0. The number of aliphatic imine (C=N–C) groups is 1. The molecule has 0 aliphatic carbocycles. The second-order valence-electron chi connectivity index (χ2n) is 13.2. The van der Waals surface area contributed by atoms with Crippen molar-refractivity contribution in [2.75, 3.05) is 0 Å². The Morgan fingerprint density at radius 1 is 0.490 bits per heavy atom. The Morgan fingerprint density at radius 2 is 1.10 bits per heavy atom. The Hall–Kier alpha value is -5.99. The molecule has 2 nitrogen and oxygen atoms in total. The minimum Gasteiger partial charge on any atom is -0.456 e. The number of para-hydroxylation sites is 1. The van der Waals surface area contributed by atoms with Gasteiger partial charge in [-0.1, -0.05) is 127 Å². The van der Waals surface area contributed by atoms with E-state index < -0.39 is 0 Å². The molecule has 0 amide bonds. The highest BCUT2D eigenvalue weighted by molar-refractivity contribution is 6.14. The van der Waals surface area contributed by atoms with Crippen LogP contribution in [0.5, 0.6) is 0 Å². The Bertz CT molecular complexity index is 2670. The maximum absolute atomic E-state index is 6.35. The topological polar surface area (TPSA) is 25.5 Å². The van der Waals surface area contributed by atoms with Crippen molar-refractivity contribution in [3.05, 3.63) is 179 Å². The predicted octanol–water partition coefficient (Wildman–Crippen LogP) is 13.0. The summed E-state index contributed by atoms with van der Waals surface area (Å²) in [6, 6.07) is 54.4. The van der Waals surface area contributed by atoms with E-state index in [9.17, 15) is 0 Å². The molecule has 0 unspecified atom stereocenters. The summed E-state index contributed by atoms with van der Waals surface area (Å²) >= 11 is 0. The lowest BCUT2D eigenvalue weighted by Gasteiger charge is -2.21. The second kappa shape index (κ2) is 11.9. The van der Waals surface area contributed by atoms with Crippen molar-refractivity contribution < 1.29 is 4.42 Å². The van der Waals surface area contributed by atoms with E-state index in [-0.39, 0.29) is 0 Å². The molecular weight excluding hydrogens is 595 g/mol. The van der Waals surface area contributed by atoms with Gasteiger partial charge in [-0.15, -0.1) is 0 Å². The summed E-state index contributed by atoms with van der Waals surface area (Å²) in [6.07, 6.45) is 1.78. The van der Waals surface area contributed by atoms with Crippen LogP contribution in [0.25, 0.3) is 65.9 Å². The first-order valence-corrected chi connectivity index (χ1v) is 17.1. The number of hydrogen-bond acceptors (Lipinski definition) is 2. The molecule has 49 heavy (non-hydrogen) atoms. The van der Waals surface area contributed by atoms with E-state index >= 15 is 0 Å². The van der Waals surface area contributed by atoms with Crippen molar-refractivity contribution in [1.29, 1.82) is 0 Å². The summed E-state index contributed by atoms with van der Waals surface area (Å²) in [4.78, 5) is 5.63. The van der Waals surface area contributed by atoms with Crippen molar-refractivity contribution in [2.45, 2.75) is 26.7 Å². The van der Waals surface area contributed by atoms with Crippen molar-refractivity contribution in [3.8, 4) is 11.1 Å². The van der Waals surface area contributed by atoms with E-state index in [1.165, 1.54) is 55.0 Å². The van der Waals surface area contributed by atoms with Crippen LogP contribution in [0.1, 0.15) is 43.4 Å². The number of furan rings is 1. The molecule has 8 aromatic rings. The predicted molar refractivity (Wildman–Crippen MR) is 208 cm³/mol. The highest BCUT2D eigenvalue weighted by atomic mass is 16.3. The molecule has 0 radical (unpaired) electrons. The molecule has 1 aliphatic rings. The van der Waals surface area contributed by atoms with E-state index in [1.807, 2.05) is 12.1 Å². The van der Waals surface area contributed by atoms with Gasteiger partial charge in [-0.05, 0) is 112 Å². The largest absolute Gasteiger partial charge is 0.456 e. The zero-order chi connectivity index (χ0) is 32.9. The lowest BCUT2D eigenvalue weighted by molar-refractivity contribution is 0.669. The van der Waals surface area contributed by atoms with E-state index in [0.29, 0.717) is 0 Å². The summed E-state index contributed by atoms with van der Waals surface area (Å²) in [5.74, 6) is 0. The van der Waals surface area contributed by atoms with Crippen molar-refractivity contribution in [1.82, 2.24) is 0 Å².